The molecule has 9 heteroatoms. The molecule has 0 unspecified atom stereocenters. The number of hydrogen-bond donors (Lipinski definition) is 1. The third-order valence-electron chi connectivity index (χ3n) is 3.56. The fourth-order valence-electron chi connectivity index (χ4n) is 2.56. The van der Waals surface area contributed by atoms with E-state index in [1.54, 1.807) is 0 Å². The molecule has 0 radical (unpaired) electrons. The highest BCUT2D eigenvalue weighted by Crippen LogP contribution is 2.15. The van der Waals surface area contributed by atoms with Crippen LogP contribution in [-0.2, 0) is 24.1 Å². The maximum absolute atomic E-state index is 12.7. The highest BCUT2D eigenvalue weighted by atomic mass is 32.2. The molecule has 0 saturated carbocycles. The minimum absolute atomic E-state index is 0.0000845. The van der Waals surface area contributed by atoms with Crippen LogP contribution in [0.5, 0.6) is 0 Å². The van der Waals surface area contributed by atoms with Crippen LogP contribution in [0.25, 0.3) is 0 Å². The zero-order chi connectivity index (χ0) is 15.9. The molecule has 21 heavy (non-hydrogen) atoms. The molecule has 118 valence electrons. The third kappa shape index (κ3) is 2.81. The van der Waals surface area contributed by atoms with E-state index in [4.69, 9.17) is 0 Å². The predicted octanol–water partition coefficient (Wildman–Crippen LogP) is -1.55. The van der Waals surface area contributed by atoms with Crippen molar-refractivity contribution in [1.29, 1.82) is 0 Å². The smallest absolute Gasteiger partial charge is 0.309 e. The molecule has 2 atom stereocenters. The number of sulfonamides is 1. The van der Waals surface area contributed by atoms with Crippen molar-refractivity contribution in [2.24, 2.45) is 14.1 Å². The van der Waals surface area contributed by atoms with E-state index in [0.29, 0.717) is 13.1 Å². The van der Waals surface area contributed by atoms with E-state index in [0.717, 1.165) is 15.3 Å². The Bertz CT molecular complexity index is 754. The molecule has 0 spiro atoms. The molecule has 1 aliphatic rings. The normalized spacial score (nSPS) is 24.2. The first-order valence-electron chi connectivity index (χ1n) is 6.67. The molecular formula is C12H20N4O4S. The minimum atomic E-state index is -3.92. The van der Waals surface area contributed by atoms with E-state index in [1.165, 1.54) is 18.4 Å². The molecule has 0 amide bonds. The highest BCUT2D eigenvalue weighted by molar-refractivity contribution is 7.89. The maximum atomic E-state index is 12.7. The molecule has 0 aromatic carbocycles. The Hall–Kier alpha value is -1.45. The number of nitrogens with one attached hydrogen (secondary N) is 1. The Morgan fingerprint density at radius 3 is 2.19 bits per heavy atom. The van der Waals surface area contributed by atoms with E-state index in [2.05, 4.69) is 5.32 Å². The van der Waals surface area contributed by atoms with Gasteiger partial charge in [0.15, 0.2) is 4.90 Å². The molecule has 0 aliphatic carbocycles. The van der Waals surface area contributed by atoms with Gasteiger partial charge in [-0.1, -0.05) is 0 Å². The summed E-state index contributed by atoms with van der Waals surface area (Å²) in [5.74, 6) is 0. The van der Waals surface area contributed by atoms with Crippen LogP contribution in [-0.4, -0.2) is 47.0 Å². The van der Waals surface area contributed by atoms with Crippen molar-refractivity contribution in [2.75, 3.05) is 13.1 Å². The summed E-state index contributed by atoms with van der Waals surface area (Å²) >= 11 is 0. The maximum Gasteiger partial charge on any atom is 0.330 e. The van der Waals surface area contributed by atoms with E-state index in [9.17, 15) is 18.0 Å². The lowest BCUT2D eigenvalue weighted by molar-refractivity contribution is 0.262. The van der Waals surface area contributed by atoms with Gasteiger partial charge in [0.05, 0.1) is 0 Å². The Balaban J connectivity index is 2.55. The second-order valence-corrected chi connectivity index (χ2v) is 7.45. The Morgan fingerprint density at radius 2 is 1.67 bits per heavy atom. The molecule has 1 aliphatic heterocycles. The summed E-state index contributed by atoms with van der Waals surface area (Å²) in [6, 6.07) is -0.000169. The van der Waals surface area contributed by atoms with E-state index < -0.39 is 21.3 Å². The van der Waals surface area contributed by atoms with Crippen molar-refractivity contribution < 1.29 is 8.42 Å². The standard InChI is InChI=1S/C12H20N4O4S/c1-8-5-16(6-9(2)13-8)21(19,20)10-7-14(3)12(18)15(4)11(10)17/h7-9,13H,5-6H2,1-4H3/t8-,9+. The number of piperazine rings is 1. The first-order chi connectivity index (χ1) is 9.64. The van der Waals surface area contributed by atoms with Gasteiger partial charge >= 0.3 is 5.69 Å². The Kier molecular flexibility index (Phi) is 4.09. The number of nitrogens with zero attached hydrogens (tertiary/aromatic N) is 3. The second-order valence-electron chi connectivity index (χ2n) is 5.54. The zero-order valence-corrected chi connectivity index (χ0v) is 13.3. The van der Waals surface area contributed by atoms with Gasteiger partial charge in [0.25, 0.3) is 5.56 Å². The lowest BCUT2D eigenvalue weighted by atomic mass is 10.2. The third-order valence-corrected chi connectivity index (χ3v) is 5.37. The Labute approximate surface area is 123 Å². The van der Waals surface area contributed by atoms with E-state index in [1.807, 2.05) is 13.8 Å². The summed E-state index contributed by atoms with van der Waals surface area (Å²) in [7, 11) is -1.23. The summed E-state index contributed by atoms with van der Waals surface area (Å²) in [4.78, 5) is 23.4. The monoisotopic (exact) mass is 316 g/mol. The van der Waals surface area contributed by atoms with Crippen molar-refractivity contribution in [3.05, 3.63) is 27.0 Å². The number of hydrogen-bond acceptors (Lipinski definition) is 5. The van der Waals surface area contributed by atoms with Crippen molar-refractivity contribution in [2.45, 2.75) is 30.8 Å². The number of aromatic nitrogens is 2. The van der Waals surface area contributed by atoms with Gasteiger partial charge in [0.1, 0.15) is 0 Å². The second kappa shape index (κ2) is 5.39. The first kappa shape index (κ1) is 15.9. The molecule has 1 aromatic rings. The summed E-state index contributed by atoms with van der Waals surface area (Å²) < 4.78 is 28.6. The van der Waals surface area contributed by atoms with Gasteiger partial charge in [-0.2, -0.15) is 4.31 Å². The average molecular weight is 316 g/mol. The fourth-order valence-corrected chi connectivity index (χ4v) is 4.33. The van der Waals surface area contributed by atoms with Gasteiger partial charge < -0.3 is 9.88 Å². The van der Waals surface area contributed by atoms with Crippen LogP contribution in [0, 0.1) is 0 Å². The van der Waals surface area contributed by atoms with Gasteiger partial charge in [-0.25, -0.2) is 13.2 Å². The molecule has 1 fully saturated rings. The largest absolute Gasteiger partial charge is 0.330 e. The summed E-state index contributed by atoms with van der Waals surface area (Å²) in [6.07, 6.45) is 1.09. The van der Waals surface area contributed by atoms with E-state index in [-0.39, 0.29) is 17.0 Å². The number of rotatable bonds is 2. The van der Waals surface area contributed by atoms with Crippen LogP contribution in [0.4, 0.5) is 0 Å². The lowest BCUT2D eigenvalue weighted by Crippen LogP contribution is -2.56. The SMILES string of the molecule is C[C@@H]1CN(S(=O)(=O)c2cn(C)c(=O)n(C)c2=O)C[C@H](C)N1. The lowest BCUT2D eigenvalue weighted by Gasteiger charge is -2.35. The molecule has 2 rings (SSSR count). The Morgan fingerprint density at radius 1 is 1.14 bits per heavy atom. The van der Waals surface area contributed by atoms with Crippen molar-refractivity contribution >= 4 is 10.0 Å². The van der Waals surface area contributed by atoms with Gasteiger partial charge in [0.2, 0.25) is 10.0 Å². The van der Waals surface area contributed by atoms with Crippen LogP contribution < -0.4 is 16.6 Å². The highest BCUT2D eigenvalue weighted by Gasteiger charge is 2.33. The molecule has 1 aromatic heterocycles. The summed E-state index contributed by atoms with van der Waals surface area (Å²) in [6.45, 7) is 4.35. The van der Waals surface area contributed by atoms with Gasteiger partial charge in [-0.3, -0.25) is 9.36 Å². The number of aryl methyl sites for hydroxylation is 1. The first-order valence-corrected chi connectivity index (χ1v) is 8.11. The molecule has 1 saturated heterocycles. The van der Waals surface area contributed by atoms with Gasteiger partial charge in [-0.05, 0) is 13.8 Å². The van der Waals surface area contributed by atoms with Gasteiger partial charge in [-0.15, -0.1) is 0 Å². The van der Waals surface area contributed by atoms with Crippen LogP contribution >= 0.6 is 0 Å². The van der Waals surface area contributed by atoms with Crippen molar-refractivity contribution in [3.8, 4) is 0 Å². The molecule has 2 heterocycles. The molecule has 0 bridgehead atoms. The fraction of sp³-hybridized carbons (Fsp3) is 0.667. The zero-order valence-electron chi connectivity index (χ0n) is 12.5. The molecule has 8 nitrogen and oxygen atoms in total. The summed E-state index contributed by atoms with van der Waals surface area (Å²) in [5.41, 5.74) is -1.35. The van der Waals surface area contributed by atoms with Gasteiger partial charge in [0, 0.05) is 45.5 Å². The summed E-state index contributed by atoms with van der Waals surface area (Å²) in [5, 5.41) is 3.23. The van der Waals surface area contributed by atoms with E-state index >= 15 is 0 Å². The van der Waals surface area contributed by atoms with Crippen molar-refractivity contribution in [3.63, 3.8) is 0 Å². The topological polar surface area (TPSA) is 93.4 Å². The quantitative estimate of drug-likeness (QED) is 0.713. The van der Waals surface area contributed by atoms with Crippen LogP contribution in [0.2, 0.25) is 0 Å². The van der Waals surface area contributed by atoms with Crippen LogP contribution in [0.1, 0.15) is 13.8 Å². The minimum Gasteiger partial charge on any atom is -0.309 e. The van der Waals surface area contributed by atoms with Crippen LogP contribution in [0.3, 0.4) is 0 Å². The predicted molar refractivity (Wildman–Crippen MR) is 77.7 cm³/mol. The average Bonchev–Trinajstić information content (AvgIpc) is 2.39. The van der Waals surface area contributed by atoms with Crippen molar-refractivity contribution in [1.82, 2.24) is 18.8 Å². The molecule has 1 N–H and O–H groups in total. The van der Waals surface area contributed by atoms with Crippen LogP contribution in [0.15, 0.2) is 20.7 Å². The molecular weight excluding hydrogens is 296 g/mol.